The lowest BCUT2D eigenvalue weighted by atomic mass is 9.92. The van der Waals surface area contributed by atoms with Crippen molar-refractivity contribution in [2.24, 2.45) is 0 Å². The molecule has 1 aliphatic heterocycles. The van der Waals surface area contributed by atoms with Gasteiger partial charge in [-0.3, -0.25) is 0 Å². The number of halogens is 1. The van der Waals surface area contributed by atoms with Crippen molar-refractivity contribution in [3.05, 3.63) is 40.1 Å². The summed E-state index contributed by atoms with van der Waals surface area (Å²) in [6.07, 6.45) is 0.521. The van der Waals surface area contributed by atoms with Gasteiger partial charge in [0.05, 0.1) is 0 Å². The molecule has 4 nitrogen and oxygen atoms in total. The zero-order chi connectivity index (χ0) is 14.4. The number of benzene rings is 1. The lowest BCUT2D eigenvalue weighted by molar-refractivity contribution is -0.586. The Morgan fingerprint density at radius 3 is 2.21 bits per heavy atom. The van der Waals surface area contributed by atoms with E-state index < -0.39 is 11.2 Å². The van der Waals surface area contributed by atoms with Crippen LogP contribution in [-0.4, -0.2) is 31.9 Å². The average molecular weight is 283 g/mol. The first-order chi connectivity index (χ1) is 8.75. The van der Waals surface area contributed by atoms with E-state index in [1.54, 1.807) is 31.2 Å². The summed E-state index contributed by atoms with van der Waals surface area (Å²) >= 11 is 5.88. The van der Waals surface area contributed by atoms with Gasteiger partial charge in [-0.05, 0) is 38.1 Å². The molecule has 19 heavy (non-hydrogen) atoms. The van der Waals surface area contributed by atoms with Crippen LogP contribution in [0.3, 0.4) is 0 Å². The van der Waals surface area contributed by atoms with E-state index in [2.05, 4.69) is 0 Å². The SMILES string of the molecule is CC[C@]1(C)N(O)C(C)(C)C(c2ccc(Cl)cc2)=[N+]1[O-]. The highest BCUT2D eigenvalue weighted by Crippen LogP contribution is 2.36. The molecule has 1 N–H and O–H groups in total. The second kappa shape index (κ2) is 4.47. The molecule has 0 bridgehead atoms. The van der Waals surface area contributed by atoms with Crippen molar-refractivity contribution < 1.29 is 9.95 Å². The van der Waals surface area contributed by atoms with Crippen LogP contribution in [0.2, 0.25) is 5.02 Å². The number of hydrogen-bond donors (Lipinski definition) is 1. The van der Waals surface area contributed by atoms with Crippen molar-refractivity contribution in [2.45, 2.75) is 45.3 Å². The molecule has 1 heterocycles. The Bertz CT molecular complexity index is 525. The van der Waals surface area contributed by atoms with Crippen LogP contribution < -0.4 is 0 Å². The fraction of sp³-hybridized carbons (Fsp3) is 0.500. The third-order valence-corrected chi connectivity index (χ3v) is 4.25. The van der Waals surface area contributed by atoms with E-state index in [0.29, 0.717) is 17.2 Å². The molecular formula is C14H19ClN2O2. The van der Waals surface area contributed by atoms with Crippen LogP contribution in [-0.2, 0) is 0 Å². The summed E-state index contributed by atoms with van der Waals surface area (Å²) in [4.78, 5) is 0. The van der Waals surface area contributed by atoms with Crippen LogP contribution in [0.25, 0.3) is 0 Å². The summed E-state index contributed by atoms with van der Waals surface area (Å²) in [5.41, 5.74) is -0.365. The number of hydrogen-bond acceptors (Lipinski definition) is 3. The largest absolute Gasteiger partial charge is 0.622 e. The van der Waals surface area contributed by atoms with Crippen molar-refractivity contribution in [3.63, 3.8) is 0 Å². The summed E-state index contributed by atoms with van der Waals surface area (Å²) in [7, 11) is 0. The van der Waals surface area contributed by atoms with Crippen LogP contribution in [0.15, 0.2) is 24.3 Å². The molecule has 0 radical (unpaired) electrons. The van der Waals surface area contributed by atoms with Gasteiger partial charge in [0.15, 0.2) is 0 Å². The summed E-state index contributed by atoms with van der Waals surface area (Å²) < 4.78 is 0.913. The fourth-order valence-corrected chi connectivity index (χ4v) is 2.78. The molecule has 0 saturated carbocycles. The van der Waals surface area contributed by atoms with Gasteiger partial charge in [-0.2, -0.15) is 4.74 Å². The van der Waals surface area contributed by atoms with E-state index in [0.717, 1.165) is 15.4 Å². The van der Waals surface area contributed by atoms with Crippen LogP contribution in [0.5, 0.6) is 0 Å². The van der Waals surface area contributed by atoms with E-state index >= 15 is 0 Å². The predicted molar refractivity (Wildman–Crippen MR) is 75.6 cm³/mol. The minimum absolute atomic E-state index is 0.521. The second-order valence-corrected chi connectivity index (χ2v) is 6.03. The lowest BCUT2D eigenvalue weighted by Gasteiger charge is -2.32. The fourth-order valence-electron chi connectivity index (χ4n) is 2.65. The Balaban J connectivity index is 2.62. The van der Waals surface area contributed by atoms with Gasteiger partial charge in [-0.1, -0.05) is 18.5 Å². The number of nitrogens with zero attached hydrogens (tertiary/aromatic N) is 2. The molecule has 2 rings (SSSR count). The number of rotatable bonds is 2. The maximum atomic E-state index is 12.6. The normalized spacial score (nSPS) is 27.1. The van der Waals surface area contributed by atoms with E-state index in [4.69, 9.17) is 11.6 Å². The Morgan fingerprint density at radius 2 is 1.79 bits per heavy atom. The third kappa shape index (κ3) is 1.95. The molecule has 1 aliphatic rings. The van der Waals surface area contributed by atoms with E-state index in [-0.39, 0.29) is 0 Å². The van der Waals surface area contributed by atoms with Gasteiger partial charge in [0.2, 0.25) is 11.4 Å². The summed E-state index contributed by atoms with van der Waals surface area (Å²) in [5, 5.41) is 24.8. The molecule has 0 unspecified atom stereocenters. The molecule has 0 aliphatic carbocycles. The standard InChI is InChI=1S/C14H19ClN2O2/c1-5-14(4)16(18)12(13(2,3)17(14)19)10-6-8-11(15)9-7-10/h6-9,19H,5H2,1-4H3/t14-/m0/s1. The Kier molecular flexibility index (Phi) is 3.37. The first-order valence-electron chi connectivity index (χ1n) is 6.35. The lowest BCUT2D eigenvalue weighted by Crippen LogP contribution is -2.52. The zero-order valence-corrected chi connectivity index (χ0v) is 12.4. The average Bonchev–Trinajstić information content (AvgIpc) is 2.51. The molecule has 0 aromatic heterocycles. The second-order valence-electron chi connectivity index (χ2n) is 5.59. The smallest absolute Gasteiger partial charge is 0.248 e. The Morgan fingerprint density at radius 1 is 1.26 bits per heavy atom. The Labute approximate surface area is 118 Å². The van der Waals surface area contributed by atoms with Gasteiger partial charge < -0.3 is 10.4 Å². The van der Waals surface area contributed by atoms with E-state index in [1.807, 2.05) is 20.8 Å². The van der Waals surface area contributed by atoms with Gasteiger partial charge in [-0.25, -0.2) is 0 Å². The first-order valence-corrected chi connectivity index (χ1v) is 6.73. The molecule has 1 aromatic rings. The van der Waals surface area contributed by atoms with Crippen LogP contribution >= 0.6 is 11.6 Å². The quantitative estimate of drug-likeness (QED) is 0.669. The van der Waals surface area contributed by atoms with Crippen LogP contribution in [0.1, 0.15) is 39.7 Å². The molecular weight excluding hydrogens is 264 g/mol. The topological polar surface area (TPSA) is 49.5 Å². The number of hydroxylamine groups is 3. The van der Waals surface area contributed by atoms with Crippen LogP contribution in [0, 0.1) is 5.21 Å². The maximum absolute atomic E-state index is 12.6. The molecule has 0 spiro atoms. The molecule has 5 heteroatoms. The van der Waals surface area contributed by atoms with Crippen molar-refractivity contribution in [1.82, 2.24) is 5.06 Å². The monoisotopic (exact) mass is 282 g/mol. The summed E-state index contributed by atoms with van der Waals surface area (Å²) in [6, 6.07) is 7.10. The summed E-state index contributed by atoms with van der Waals surface area (Å²) in [6.45, 7) is 7.30. The highest BCUT2D eigenvalue weighted by Gasteiger charge is 2.58. The summed E-state index contributed by atoms with van der Waals surface area (Å²) in [5.74, 6) is 0. The minimum Gasteiger partial charge on any atom is -0.622 e. The van der Waals surface area contributed by atoms with Crippen LogP contribution in [0.4, 0.5) is 0 Å². The predicted octanol–water partition coefficient (Wildman–Crippen LogP) is 3.25. The molecule has 0 fully saturated rings. The highest BCUT2D eigenvalue weighted by atomic mass is 35.5. The molecule has 0 amide bonds. The molecule has 104 valence electrons. The molecule has 1 atom stereocenters. The van der Waals surface area contributed by atoms with Crippen molar-refractivity contribution in [2.75, 3.05) is 0 Å². The minimum atomic E-state index is -0.946. The third-order valence-electron chi connectivity index (χ3n) is 3.99. The van der Waals surface area contributed by atoms with E-state index in [1.165, 1.54) is 0 Å². The molecule has 0 saturated heterocycles. The van der Waals surface area contributed by atoms with Gasteiger partial charge in [0.1, 0.15) is 5.54 Å². The zero-order valence-electron chi connectivity index (χ0n) is 11.6. The Hall–Kier alpha value is -1.10. The van der Waals surface area contributed by atoms with Gasteiger partial charge in [-0.15, -0.1) is 5.06 Å². The van der Waals surface area contributed by atoms with E-state index in [9.17, 15) is 10.4 Å². The highest BCUT2D eigenvalue weighted by molar-refractivity contribution is 6.30. The first kappa shape index (κ1) is 14.3. The van der Waals surface area contributed by atoms with Crippen molar-refractivity contribution in [1.29, 1.82) is 0 Å². The maximum Gasteiger partial charge on any atom is 0.248 e. The van der Waals surface area contributed by atoms with Gasteiger partial charge in [0, 0.05) is 23.9 Å². The van der Waals surface area contributed by atoms with Gasteiger partial charge >= 0.3 is 0 Å². The molecule has 1 aromatic carbocycles. The van der Waals surface area contributed by atoms with Gasteiger partial charge in [0.25, 0.3) is 0 Å². The van der Waals surface area contributed by atoms with Crippen molar-refractivity contribution in [3.8, 4) is 0 Å². The van der Waals surface area contributed by atoms with Crippen molar-refractivity contribution >= 4 is 17.3 Å².